The number of methoxy groups -OCH3 is 2. The molecule has 0 N–H and O–H groups in total. The third-order valence-corrected chi connectivity index (χ3v) is 6.85. The topological polar surface area (TPSA) is 74.3 Å². The van der Waals surface area contributed by atoms with Crippen LogP contribution >= 0.6 is 0 Å². The molecule has 3 rings (SSSR count). The molecule has 1 aliphatic rings. The van der Waals surface area contributed by atoms with Crippen LogP contribution in [0.3, 0.4) is 0 Å². The molecule has 0 atom stereocenters. The Morgan fingerprint density at radius 1 is 0.806 bits per heavy atom. The molecule has 0 amide bonds. The molecule has 1 heterocycles. The second-order valence-corrected chi connectivity index (χ2v) is 9.11. The van der Waals surface area contributed by atoms with Gasteiger partial charge in [-0.1, -0.05) is 36.8 Å². The first-order valence-corrected chi connectivity index (χ1v) is 11.6. The van der Waals surface area contributed by atoms with Crippen LogP contribution < -0.4 is 9.47 Å². The van der Waals surface area contributed by atoms with Gasteiger partial charge in [0, 0.05) is 27.3 Å². The van der Waals surface area contributed by atoms with Gasteiger partial charge >= 0.3 is 0 Å². The van der Waals surface area contributed by atoms with Gasteiger partial charge in [0.2, 0.25) is 10.0 Å². The lowest BCUT2D eigenvalue weighted by molar-refractivity contribution is 0.0322. The van der Waals surface area contributed by atoms with E-state index in [1.54, 1.807) is 36.7 Å². The monoisotopic (exact) mass is 447 g/mol. The molecule has 8 heteroatoms. The van der Waals surface area contributed by atoms with Gasteiger partial charge in [-0.15, -0.1) is 0 Å². The quantitative estimate of drug-likeness (QED) is 0.405. The molecule has 0 aromatic heterocycles. The molecule has 31 heavy (non-hydrogen) atoms. The minimum absolute atomic E-state index is 0.101. The van der Waals surface area contributed by atoms with Crippen molar-refractivity contribution in [3.63, 3.8) is 0 Å². The summed E-state index contributed by atoms with van der Waals surface area (Å²) in [6.07, 6.45) is 6.78. The van der Waals surface area contributed by atoms with Gasteiger partial charge in [-0.2, -0.15) is 4.31 Å². The first kappa shape index (κ1) is 23.3. The van der Waals surface area contributed by atoms with E-state index in [-0.39, 0.29) is 13.6 Å². The minimum Gasteiger partial charge on any atom is -0.464 e. The molecule has 0 aliphatic carbocycles. The number of sulfonamides is 1. The standard InChI is InChI=1S/C23H29NO6S/c1-27-17-29-22-13-10-20(16-23(22)30-18-28-2)7-6-19-8-11-21(12-9-19)31(25,26)24-14-4-3-5-15-24/h6-13,16H,3-5,14-15,17-18H2,1-2H3. The molecular formula is C23H29NO6S. The van der Waals surface area contributed by atoms with Gasteiger partial charge in [-0.25, -0.2) is 8.42 Å². The molecule has 0 bridgehead atoms. The summed E-state index contributed by atoms with van der Waals surface area (Å²) < 4.78 is 48.1. The van der Waals surface area contributed by atoms with Crippen molar-refractivity contribution in [3.05, 3.63) is 53.6 Å². The molecule has 1 aliphatic heterocycles. The highest BCUT2D eigenvalue weighted by molar-refractivity contribution is 7.89. The van der Waals surface area contributed by atoms with Gasteiger partial charge in [0.25, 0.3) is 0 Å². The van der Waals surface area contributed by atoms with Crippen molar-refractivity contribution in [2.45, 2.75) is 24.2 Å². The SMILES string of the molecule is COCOc1ccc(C=Cc2ccc(S(=O)(=O)N3CCCCC3)cc2)cc1OCOC. The number of nitrogens with zero attached hydrogens (tertiary/aromatic N) is 1. The highest BCUT2D eigenvalue weighted by atomic mass is 32.2. The summed E-state index contributed by atoms with van der Waals surface area (Å²) in [4.78, 5) is 0.335. The van der Waals surface area contributed by atoms with Gasteiger partial charge in [0.05, 0.1) is 4.90 Å². The molecule has 2 aromatic carbocycles. The highest BCUT2D eigenvalue weighted by Crippen LogP contribution is 2.29. The summed E-state index contributed by atoms with van der Waals surface area (Å²) in [6.45, 7) is 1.41. The number of rotatable bonds is 10. The average molecular weight is 448 g/mol. The van der Waals surface area contributed by atoms with Gasteiger partial charge in [0.1, 0.15) is 0 Å². The van der Waals surface area contributed by atoms with Gasteiger partial charge < -0.3 is 18.9 Å². The predicted octanol–water partition coefficient (Wildman–Crippen LogP) is 4.00. The van der Waals surface area contributed by atoms with E-state index in [9.17, 15) is 8.42 Å². The zero-order valence-electron chi connectivity index (χ0n) is 18.0. The third-order valence-electron chi connectivity index (χ3n) is 4.93. The minimum atomic E-state index is -3.42. The number of benzene rings is 2. The summed E-state index contributed by atoms with van der Waals surface area (Å²) >= 11 is 0. The number of hydrogen-bond acceptors (Lipinski definition) is 6. The lowest BCUT2D eigenvalue weighted by Gasteiger charge is -2.25. The lowest BCUT2D eigenvalue weighted by atomic mass is 10.1. The van der Waals surface area contributed by atoms with Gasteiger partial charge in [-0.05, 0) is 48.2 Å². The Hall–Kier alpha value is -2.39. The third kappa shape index (κ3) is 6.30. The van der Waals surface area contributed by atoms with E-state index >= 15 is 0 Å². The van der Waals surface area contributed by atoms with E-state index in [1.165, 1.54) is 0 Å². The van der Waals surface area contributed by atoms with Crippen molar-refractivity contribution in [1.82, 2.24) is 4.31 Å². The summed E-state index contributed by atoms with van der Waals surface area (Å²) in [5, 5.41) is 0. The van der Waals surface area contributed by atoms with Crippen LogP contribution in [0.1, 0.15) is 30.4 Å². The maximum Gasteiger partial charge on any atom is 0.243 e. The van der Waals surface area contributed by atoms with Crippen molar-refractivity contribution in [3.8, 4) is 11.5 Å². The Kier molecular flexibility index (Phi) is 8.48. The Balaban J connectivity index is 1.72. The van der Waals surface area contributed by atoms with Crippen molar-refractivity contribution in [2.24, 2.45) is 0 Å². The fourth-order valence-electron chi connectivity index (χ4n) is 3.30. The first-order chi connectivity index (χ1) is 15.0. The molecule has 0 spiro atoms. The Morgan fingerprint density at radius 2 is 1.39 bits per heavy atom. The van der Waals surface area contributed by atoms with Crippen LogP contribution in [-0.4, -0.2) is 53.6 Å². The Morgan fingerprint density at radius 3 is 2.03 bits per heavy atom. The molecule has 7 nitrogen and oxygen atoms in total. The fourth-order valence-corrected chi connectivity index (χ4v) is 4.82. The maximum absolute atomic E-state index is 12.8. The summed E-state index contributed by atoms with van der Waals surface area (Å²) in [5.41, 5.74) is 1.80. The molecule has 0 unspecified atom stereocenters. The summed E-state index contributed by atoms with van der Waals surface area (Å²) in [6, 6.07) is 12.5. The van der Waals surface area contributed by atoms with E-state index in [0.29, 0.717) is 29.5 Å². The van der Waals surface area contributed by atoms with E-state index in [1.807, 2.05) is 36.4 Å². The lowest BCUT2D eigenvalue weighted by Crippen LogP contribution is -2.35. The molecule has 1 fully saturated rings. The Bertz CT molecular complexity index is 966. The number of hydrogen-bond donors (Lipinski definition) is 0. The van der Waals surface area contributed by atoms with E-state index in [0.717, 1.165) is 30.4 Å². The maximum atomic E-state index is 12.8. The van der Waals surface area contributed by atoms with E-state index in [2.05, 4.69) is 0 Å². The van der Waals surface area contributed by atoms with Crippen LogP contribution in [0, 0.1) is 0 Å². The second kappa shape index (κ2) is 11.3. The first-order valence-electron chi connectivity index (χ1n) is 10.2. The molecule has 1 saturated heterocycles. The van der Waals surface area contributed by atoms with Gasteiger partial charge in [-0.3, -0.25) is 0 Å². The van der Waals surface area contributed by atoms with Crippen LogP contribution in [-0.2, 0) is 19.5 Å². The normalized spacial score (nSPS) is 15.3. The van der Waals surface area contributed by atoms with Gasteiger partial charge in [0.15, 0.2) is 25.1 Å². The van der Waals surface area contributed by atoms with Crippen molar-refractivity contribution >= 4 is 22.2 Å². The van der Waals surface area contributed by atoms with Crippen LogP contribution in [0.2, 0.25) is 0 Å². The number of ether oxygens (including phenoxy) is 4. The van der Waals surface area contributed by atoms with Crippen LogP contribution in [0.5, 0.6) is 11.5 Å². The molecule has 0 saturated carbocycles. The smallest absolute Gasteiger partial charge is 0.243 e. The largest absolute Gasteiger partial charge is 0.464 e. The van der Waals surface area contributed by atoms with Crippen LogP contribution in [0.4, 0.5) is 0 Å². The molecule has 0 radical (unpaired) electrons. The van der Waals surface area contributed by atoms with Crippen LogP contribution in [0.25, 0.3) is 12.2 Å². The van der Waals surface area contributed by atoms with Crippen molar-refractivity contribution in [2.75, 3.05) is 40.9 Å². The molecular weight excluding hydrogens is 418 g/mol. The zero-order valence-corrected chi connectivity index (χ0v) is 18.8. The fraction of sp³-hybridized carbons (Fsp3) is 0.391. The second-order valence-electron chi connectivity index (χ2n) is 7.18. The summed E-state index contributed by atoms with van der Waals surface area (Å²) in [5.74, 6) is 1.10. The van der Waals surface area contributed by atoms with Crippen LogP contribution in [0.15, 0.2) is 47.4 Å². The Labute approximate surface area is 184 Å². The number of piperidine rings is 1. The van der Waals surface area contributed by atoms with E-state index in [4.69, 9.17) is 18.9 Å². The van der Waals surface area contributed by atoms with Crippen molar-refractivity contribution in [1.29, 1.82) is 0 Å². The summed E-state index contributed by atoms with van der Waals surface area (Å²) in [7, 11) is -0.315. The highest BCUT2D eigenvalue weighted by Gasteiger charge is 2.25. The van der Waals surface area contributed by atoms with Crippen molar-refractivity contribution < 1.29 is 27.4 Å². The molecule has 168 valence electrons. The zero-order chi connectivity index (χ0) is 22.1. The van der Waals surface area contributed by atoms with E-state index < -0.39 is 10.0 Å². The predicted molar refractivity (Wildman–Crippen MR) is 119 cm³/mol. The average Bonchev–Trinajstić information content (AvgIpc) is 2.81. The molecule has 2 aromatic rings.